The molecule has 1 amide bonds. The molecule has 3 aromatic heterocycles. The maximum absolute atomic E-state index is 11.3. The summed E-state index contributed by atoms with van der Waals surface area (Å²) in [6.07, 6.45) is 16.4. The molecule has 410 valence electrons. The third-order valence-corrected chi connectivity index (χ3v) is 16.0. The van der Waals surface area contributed by atoms with Crippen molar-refractivity contribution in [3.8, 4) is 23.7 Å². The number of nitrogens with zero attached hydrogens (tertiary/aromatic N) is 10. The molecule has 80 heavy (non-hydrogen) atoms. The van der Waals surface area contributed by atoms with E-state index in [2.05, 4.69) is 75.4 Å². The molecule has 11 rings (SSSR count). The fourth-order valence-electron chi connectivity index (χ4n) is 8.94. The van der Waals surface area contributed by atoms with Gasteiger partial charge in [0.1, 0.15) is 19.8 Å². The molecule has 8 aromatic rings. The molecule has 6 heterocycles. The Bertz CT molecular complexity index is 3240. The fourth-order valence-corrected chi connectivity index (χ4v) is 11.0. The second kappa shape index (κ2) is 30.2. The minimum absolute atomic E-state index is 0.436. The Morgan fingerprint density at radius 3 is 1.21 bits per heavy atom. The number of anilines is 3. The maximum Gasteiger partial charge on any atom is 0.248 e. The van der Waals surface area contributed by atoms with E-state index in [0.717, 1.165) is 104 Å². The number of piperidine rings is 3. The minimum atomic E-state index is -0.437. The second-order valence-electron chi connectivity index (χ2n) is 19.2. The average molecular weight is 1220 g/mol. The topological polar surface area (TPSA) is 182 Å². The zero-order valence-corrected chi connectivity index (χ0v) is 48.4. The van der Waals surface area contributed by atoms with Crippen LogP contribution in [0.5, 0.6) is 17.6 Å². The molecule has 5 aromatic carbocycles. The summed E-state index contributed by atoms with van der Waals surface area (Å²) in [5, 5.41) is 8.99. The van der Waals surface area contributed by atoms with Crippen molar-refractivity contribution in [3.05, 3.63) is 190 Å². The Balaban J connectivity index is 0.000000148. The van der Waals surface area contributed by atoms with Crippen molar-refractivity contribution in [2.45, 2.75) is 97.2 Å². The lowest BCUT2D eigenvalue weighted by atomic mass is 10.1. The van der Waals surface area contributed by atoms with Gasteiger partial charge in [-0.1, -0.05) is 115 Å². The lowest BCUT2D eigenvalue weighted by Gasteiger charge is -2.27. The highest BCUT2D eigenvalue weighted by Gasteiger charge is 2.20. The first-order valence-electron chi connectivity index (χ1n) is 27.1. The predicted molar refractivity (Wildman–Crippen MR) is 324 cm³/mol. The number of carbonyl (C=O) groups is 1. The van der Waals surface area contributed by atoms with E-state index < -0.39 is 5.91 Å². The summed E-state index contributed by atoms with van der Waals surface area (Å²) in [5.41, 5.74) is 9.78. The van der Waals surface area contributed by atoms with Gasteiger partial charge in [-0.3, -0.25) is 4.79 Å². The number of nitrogens with two attached hydrogens (primary N) is 1. The van der Waals surface area contributed by atoms with E-state index in [-0.39, 0.29) is 0 Å². The van der Waals surface area contributed by atoms with Gasteiger partial charge in [0.05, 0.1) is 37.4 Å². The quantitative estimate of drug-likeness (QED) is 0.0849. The summed E-state index contributed by atoms with van der Waals surface area (Å²) in [5.74, 6) is 3.64. The van der Waals surface area contributed by atoms with Crippen LogP contribution in [0.2, 0.25) is 0 Å². The molecule has 15 nitrogen and oxygen atoms in total. The van der Waals surface area contributed by atoms with Crippen LogP contribution in [0.3, 0.4) is 0 Å². The van der Waals surface area contributed by atoms with Crippen LogP contribution >= 0.6 is 46.1 Å². The van der Waals surface area contributed by atoms with Crippen molar-refractivity contribution in [1.82, 2.24) is 29.9 Å². The van der Waals surface area contributed by atoms with E-state index in [1.807, 2.05) is 134 Å². The van der Waals surface area contributed by atoms with Gasteiger partial charge in [-0.15, -0.1) is 0 Å². The SMILES string of the molecule is Ic1cnc(N2CCCCC2)nc1OCc1ccccc1.N#Cc1ccc(Sc2cnc(N3CCCCC3)nc2OCc2ccccc2)cc1.NC(=O)c1ccc(Sc2cnc(N3CCCCC3)nc2OCc2ccccc2)cc1. The number of halogens is 1. The van der Waals surface area contributed by atoms with Gasteiger partial charge in [-0.05, 0) is 146 Å². The number of primary amides is 1. The number of amides is 1. The Morgan fingerprint density at radius 1 is 0.487 bits per heavy atom. The number of aromatic nitrogens is 6. The standard InChI is InChI=1S/C23H24N4O2S.C23H22N4OS.C16H18IN3O/c24-21(28)18-9-11-19(12-10-18)30-20-15-25-23(27-13-5-2-6-14-27)26-22(20)29-16-17-7-3-1-4-8-17;24-15-18-9-11-20(12-10-18)29-21-16-25-23(27-13-5-2-6-14-27)26-22(21)28-17-19-7-3-1-4-8-19;17-14-11-18-16(20-9-5-2-6-10-20)19-15(14)21-12-13-7-3-1-4-8-13/h1,3-4,7-12,15H,2,5-6,13-14,16H2,(H2,24,28);1,3-4,7-12,16H,2,5-6,13-14,17H2;1,3-4,7-8,11H,2,5-6,9-10,12H2. The lowest BCUT2D eigenvalue weighted by molar-refractivity contribution is 0.1000. The maximum atomic E-state index is 11.3. The Labute approximate surface area is 490 Å². The van der Waals surface area contributed by atoms with Crippen molar-refractivity contribution < 1.29 is 19.0 Å². The van der Waals surface area contributed by atoms with E-state index in [0.29, 0.717) is 54.5 Å². The molecule has 18 heteroatoms. The summed E-state index contributed by atoms with van der Waals surface area (Å²) in [6.45, 7) is 7.42. The molecular formula is C62H64IN11O4S2. The van der Waals surface area contributed by atoms with Gasteiger partial charge in [-0.2, -0.15) is 20.2 Å². The first kappa shape index (κ1) is 57.2. The number of carbonyl (C=O) groups excluding carboxylic acids is 1. The largest absolute Gasteiger partial charge is 0.472 e. The minimum Gasteiger partial charge on any atom is -0.472 e. The summed E-state index contributed by atoms with van der Waals surface area (Å²) < 4.78 is 19.1. The third-order valence-electron chi connectivity index (χ3n) is 13.3. The van der Waals surface area contributed by atoms with Crippen molar-refractivity contribution in [2.24, 2.45) is 5.73 Å². The number of hydrogen-bond donors (Lipinski definition) is 1. The first-order valence-corrected chi connectivity index (χ1v) is 29.8. The van der Waals surface area contributed by atoms with Crippen molar-refractivity contribution >= 4 is 69.9 Å². The van der Waals surface area contributed by atoms with Crippen molar-refractivity contribution in [1.29, 1.82) is 5.26 Å². The highest BCUT2D eigenvalue weighted by atomic mass is 127. The van der Waals surface area contributed by atoms with Crippen LogP contribution in [-0.4, -0.2) is 75.1 Å². The summed E-state index contributed by atoms with van der Waals surface area (Å²) in [7, 11) is 0. The van der Waals surface area contributed by atoms with Crippen LogP contribution in [0.4, 0.5) is 17.8 Å². The molecular weight excluding hydrogens is 1150 g/mol. The Kier molecular flexibility index (Phi) is 21.6. The zero-order valence-electron chi connectivity index (χ0n) is 44.6. The van der Waals surface area contributed by atoms with Crippen LogP contribution in [0.15, 0.2) is 178 Å². The fraction of sp³-hybridized carbons (Fsp3) is 0.290. The highest BCUT2D eigenvalue weighted by molar-refractivity contribution is 14.1. The molecule has 0 unspecified atom stereocenters. The van der Waals surface area contributed by atoms with E-state index in [1.165, 1.54) is 56.7 Å². The Morgan fingerprint density at radius 2 is 0.838 bits per heavy atom. The molecule has 0 spiro atoms. The van der Waals surface area contributed by atoms with E-state index in [9.17, 15) is 4.79 Å². The zero-order chi connectivity index (χ0) is 55.1. The number of benzene rings is 5. The van der Waals surface area contributed by atoms with Gasteiger partial charge in [-0.25, -0.2) is 15.0 Å². The van der Waals surface area contributed by atoms with Gasteiger partial charge < -0.3 is 34.6 Å². The molecule has 0 bridgehead atoms. The lowest BCUT2D eigenvalue weighted by Crippen LogP contribution is -2.31. The molecule has 0 atom stereocenters. The number of hydrogen-bond acceptors (Lipinski definition) is 16. The molecule has 0 radical (unpaired) electrons. The van der Waals surface area contributed by atoms with Crippen molar-refractivity contribution in [2.75, 3.05) is 54.0 Å². The van der Waals surface area contributed by atoms with Gasteiger partial charge in [0, 0.05) is 60.8 Å². The molecule has 3 aliphatic rings. The van der Waals surface area contributed by atoms with Gasteiger partial charge >= 0.3 is 0 Å². The summed E-state index contributed by atoms with van der Waals surface area (Å²) in [6, 6.07) is 47.1. The van der Waals surface area contributed by atoms with E-state index in [1.54, 1.807) is 23.9 Å². The number of ether oxygens (including phenoxy) is 3. The molecule has 3 fully saturated rings. The monoisotopic (exact) mass is 1220 g/mol. The molecule has 3 saturated heterocycles. The first-order chi connectivity index (χ1) is 39.3. The molecule has 3 aliphatic heterocycles. The van der Waals surface area contributed by atoms with Crippen LogP contribution in [0, 0.1) is 14.9 Å². The molecule has 0 saturated carbocycles. The third kappa shape index (κ3) is 17.3. The predicted octanol–water partition coefficient (Wildman–Crippen LogP) is 13.0. The van der Waals surface area contributed by atoms with E-state index in [4.69, 9.17) is 35.2 Å². The highest BCUT2D eigenvalue weighted by Crippen LogP contribution is 2.37. The van der Waals surface area contributed by atoms with Crippen LogP contribution in [0.1, 0.15) is 90.4 Å². The summed E-state index contributed by atoms with van der Waals surface area (Å²) in [4.78, 5) is 49.4. The normalized spacial score (nSPS) is 14.1. The van der Waals surface area contributed by atoms with E-state index >= 15 is 0 Å². The van der Waals surface area contributed by atoms with Gasteiger partial charge in [0.25, 0.3) is 0 Å². The van der Waals surface area contributed by atoms with Crippen molar-refractivity contribution in [3.63, 3.8) is 0 Å². The van der Waals surface area contributed by atoms with Crippen LogP contribution in [0.25, 0.3) is 0 Å². The van der Waals surface area contributed by atoms with Gasteiger partial charge in [0.15, 0.2) is 0 Å². The van der Waals surface area contributed by atoms with Crippen LogP contribution < -0.4 is 34.6 Å². The smallest absolute Gasteiger partial charge is 0.248 e. The van der Waals surface area contributed by atoms with Crippen LogP contribution in [-0.2, 0) is 19.8 Å². The second-order valence-corrected chi connectivity index (χ2v) is 22.6. The molecule has 2 N–H and O–H groups in total. The van der Waals surface area contributed by atoms with Gasteiger partial charge in [0.2, 0.25) is 41.4 Å². The molecule has 0 aliphatic carbocycles. The number of rotatable bonds is 17. The average Bonchev–Trinajstić information content (AvgIpc) is 3.52. The summed E-state index contributed by atoms with van der Waals surface area (Å²) >= 11 is 5.27. The Hall–Kier alpha value is -7.47. The number of nitriles is 1.